The van der Waals surface area contributed by atoms with Gasteiger partial charge in [-0.15, -0.1) is 0 Å². The predicted octanol–water partition coefficient (Wildman–Crippen LogP) is 2.53. The number of aromatic hydroxyl groups is 2. The molecule has 2 rings (SSSR count). The molecule has 136 valence electrons. The predicted molar refractivity (Wildman–Crippen MR) is 93.2 cm³/mol. The summed E-state index contributed by atoms with van der Waals surface area (Å²) >= 11 is 0. The van der Waals surface area contributed by atoms with Crippen LogP contribution in [-0.4, -0.2) is 40.2 Å². The summed E-state index contributed by atoms with van der Waals surface area (Å²) in [6.45, 7) is 1.78. The van der Waals surface area contributed by atoms with Gasteiger partial charge in [0.1, 0.15) is 12.2 Å². The number of aliphatic hydroxyl groups excluding tert-OH is 2. The van der Waals surface area contributed by atoms with E-state index in [1.807, 2.05) is 6.07 Å². The fraction of sp³-hybridized carbons (Fsp3) is 0.368. The van der Waals surface area contributed by atoms with Crippen molar-refractivity contribution in [3.05, 3.63) is 47.5 Å². The van der Waals surface area contributed by atoms with E-state index in [9.17, 15) is 15.3 Å². The minimum absolute atomic E-state index is 0.0110. The highest BCUT2D eigenvalue weighted by Crippen LogP contribution is 2.33. The van der Waals surface area contributed by atoms with Gasteiger partial charge in [0, 0.05) is 6.61 Å². The first-order chi connectivity index (χ1) is 12.0. The van der Waals surface area contributed by atoms with Crippen LogP contribution in [0.25, 0.3) is 0 Å². The van der Waals surface area contributed by atoms with Gasteiger partial charge >= 0.3 is 0 Å². The zero-order chi connectivity index (χ0) is 18.4. The molecule has 0 bridgehead atoms. The van der Waals surface area contributed by atoms with Crippen molar-refractivity contribution in [2.24, 2.45) is 0 Å². The summed E-state index contributed by atoms with van der Waals surface area (Å²) in [7, 11) is 1.43. The highest BCUT2D eigenvalue weighted by molar-refractivity contribution is 5.44. The lowest BCUT2D eigenvalue weighted by Gasteiger charge is -2.22. The van der Waals surface area contributed by atoms with Crippen LogP contribution in [0.4, 0.5) is 0 Å². The lowest BCUT2D eigenvalue weighted by molar-refractivity contribution is 0.0450. The highest BCUT2D eigenvalue weighted by atomic mass is 16.5. The SMILES string of the molecule is COc1cc([C@H](O)[C@H](C)Oc2ccc(CCCO)cc2O)ccc1O. The molecule has 2 aromatic rings. The van der Waals surface area contributed by atoms with Crippen molar-refractivity contribution in [2.45, 2.75) is 32.0 Å². The second kappa shape index (κ2) is 8.60. The lowest BCUT2D eigenvalue weighted by atomic mass is 10.0. The lowest BCUT2D eigenvalue weighted by Crippen LogP contribution is -2.21. The molecule has 0 aliphatic rings. The van der Waals surface area contributed by atoms with Crippen LogP contribution < -0.4 is 9.47 Å². The summed E-state index contributed by atoms with van der Waals surface area (Å²) in [6, 6.07) is 9.61. The van der Waals surface area contributed by atoms with E-state index in [1.54, 1.807) is 25.1 Å². The van der Waals surface area contributed by atoms with Gasteiger partial charge in [0.25, 0.3) is 0 Å². The number of hydrogen-bond donors (Lipinski definition) is 4. The molecule has 6 heteroatoms. The molecule has 0 radical (unpaired) electrons. The Balaban J connectivity index is 2.09. The molecule has 4 N–H and O–H groups in total. The maximum absolute atomic E-state index is 10.5. The molecule has 2 atom stereocenters. The number of aryl methyl sites for hydroxylation is 1. The van der Waals surface area contributed by atoms with Crippen molar-refractivity contribution in [3.8, 4) is 23.0 Å². The van der Waals surface area contributed by atoms with Crippen LogP contribution in [0.1, 0.15) is 30.6 Å². The molecule has 0 spiro atoms. The van der Waals surface area contributed by atoms with Crippen molar-refractivity contribution in [1.29, 1.82) is 0 Å². The van der Waals surface area contributed by atoms with E-state index in [1.165, 1.54) is 19.2 Å². The van der Waals surface area contributed by atoms with Gasteiger partial charge in [-0.25, -0.2) is 0 Å². The average molecular weight is 348 g/mol. The van der Waals surface area contributed by atoms with E-state index in [2.05, 4.69) is 0 Å². The van der Waals surface area contributed by atoms with Crippen LogP contribution in [-0.2, 0) is 6.42 Å². The first-order valence-electron chi connectivity index (χ1n) is 8.10. The fourth-order valence-electron chi connectivity index (χ4n) is 2.52. The van der Waals surface area contributed by atoms with E-state index in [0.29, 0.717) is 18.4 Å². The van der Waals surface area contributed by atoms with E-state index < -0.39 is 12.2 Å². The molecule has 0 fully saturated rings. The summed E-state index contributed by atoms with van der Waals surface area (Å²) in [6.07, 6.45) is -0.320. The van der Waals surface area contributed by atoms with Crippen molar-refractivity contribution in [2.75, 3.05) is 13.7 Å². The van der Waals surface area contributed by atoms with Crippen LogP contribution in [0.5, 0.6) is 23.0 Å². The van der Waals surface area contributed by atoms with Gasteiger partial charge in [0.15, 0.2) is 23.0 Å². The number of hydrogen-bond acceptors (Lipinski definition) is 6. The maximum atomic E-state index is 10.5. The molecule has 0 amide bonds. The minimum Gasteiger partial charge on any atom is -0.504 e. The standard InChI is InChI=1S/C19H24O6/c1-12(19(23)14-6-7-15(21)18(11-14)24-2)25-17-8-5-13(4-3-9-20)10-16(17)22/h5-8,10-12,19-23H,3-4,9H2,1-2H3/t12-,19+/m0/s1. The Morgan fingerprint density at radius 3 is 2.40 bits per heavy atom. The van der Waals surface area contributed by atoms with Crippen molar-refractivity contribution < 1.29 is 29.9 Å². The summed E-state index contributed by atoms with van der Waals surface area (Å²) in [5.74, 6) is 0.505. The Bertz CT molecular complexity index is 700. The molecule has 0 unspecified atom stereocenters. The fourth-order valence-corrected chi connectivity index (χ4v) is 2.52. The number of ether oxygens (including phenoxy) is 2. The number of aliphatic hydroxyl groups is 2. The number of benzene rings is 2. The molecular weight excluding hydrogens is 324 g/mol. The Morgan fingerprint density at radius 1 is 1.00 bits per heavy atom. The Hall–Kier alpha value is -2.44. The van der Waals surface area contributed by atoms with Crippen molar-refractivity contribution in [3.63, 3.8) is 0 Å². The summed E-state index contributed by atoms with van der Waals surface area (Å²) in [5.41, 5.74) is 1.43. The molecule has 25 heavy (non-hydrogen) atoms. The smallest absolute Gasteiger partial charge is 0.161 e. The zero-order valence-corrected chi connectivity index (χ0v) is 14.3. The van der Waals surface area contributed by atoms with Crippen LogP contribution in [0.3, 0.4) is 0 Å². The minimum atomic E-state index is -0.969. The molecule has 6 nitrogen and oxygen atoms in total. The third kappa shape index (κ3) is 4.78. The molecule has 0 aliphatic carbocycles. The van der Waals surface area contributed by atoms with Gasteiger partial charge in [-0.05, 0) is 55.2 Å². The van der Waals surface area contributed by atoms with E-state index >= 15 is 0 Å². The Morgan fingerprint density at radius 2 is 1.76 bits per heavy atom. The topological polar surface area (TPSA) is 99.4 Å². The highest BCUT2D eigenvalue weighted by Gasteiger charge is 2.21. The zero-order valence-electron chi connectivity index (χ0n) is 14.3. The number of rotatable bonds is 8. The van der Waals surface area contributed by atoms with Crippen molar-refractivity contribution >= 4 is 0 Å². The van der Waals surface area contributed by atoms with Gasteiger partial charge in [0.05, 0.1) is 7.11 Å². The van der Waals surface area contributed by atoms with Crippen molar-refractivity contribution in [1.82, 2.24) is 0 Å². The number of phenols is 2. The first kappa shape index (κ1) is 18.9. The first-order valence-corrected chi connectivity index (χ1v) is 8.10. The second-order valence-electron chi connectivity index (χ2n) is 5.83. The van der Waals surface area contributed by atoms with Crippen LogP contribution in [0, 0.1) is 0 Å². The quantitative estimate of drug-likeness (QED) is 0.585. The normalized spacial score (nSPS) is 13.3. The Kier molecular flexibility index (Phi) is 6.50. The largest absolute Gasteiger partial charge is 0.504 e. The molecule has 0 aromatic heterocycles. The monoisotopic (exact) mass is 348 g/mol. The third-order valence-electron chi connectivity index (χ3n) is 3.95. The molecule has 2 aromatic carbocycles. The van der Waals surface area contributed by atoms with Gasteiger partial charge in [-0.3, -0.25) is 0 Å². The third-order valence-corrected chi connectivity index (χ3v) is 3.95. The molecule has 0 saturated carbocycles. The van der Waals surface area contributed by atoms with E-state index in [-0.39, 0.29) is 29.6 Å². The van der Waals surface area contributed by atoms with Gasteiger partial charge in [-0.1, -0.05) is 12.1 Å². The Labute approximate surface area is 146 Å². The van der Waals surface area contributed by atoms with Crippen LogP contribution >= 0.6 is 0 Å². The van der Waals surface area contributed by atoms with Crippen LogP contribution in [0.15, 0.2) is 36.4 Å². The average Bonchev–Trinajstić information content (AvgIpc) is 2.61. The molecule has 0 heterocycles. The molecular formula is C19H24O6. The van der Waals surface area contributed by atoms with Gasteiger partial charge < -0.3 is 29.9 Å². The van der Waals surface area contributed by atoms with Gasteiger partial charge in [-0.2, -0.15) is 0 Å². The van der Waals surface area contributed by atoms with E-state index in [4.69, 9.17) is 14.6 Å². The summed E-state index contributed by atoms with van der Waals surface area (Å²) in [5, 5.41) is 39.0. The van der Waals surface area contributed by atoms with Crippen LogP contribution in [0.2, 0.25) is 0 Å². The number of phenolic OH excluding ortho intramolecular Hbond substituents is 2. The number of methoxy groups -OCH3 is 1. The summed E-state index contributed by atoms with van der Waals surface area (Å²) in [4.78, 5) is 0. The van der Waals surface area contributed by atoms with E-state index in [0.717, 1.165) is 5.56 Å². The molecule has 0 aliphatic heterocycles. The molecule has 0 saturated heterocycles. The maximum Gasteiger partial charge on any atom is 0.161 e. The summed E-state index contributed by atoms with van der Waals surface area (Å²) < 4.78 is 10.7. The van der Waals surface area contributed by atoms with Gasteiger partial charge in [0.2, 0.25) is 0 Å². The second-order valence-corrected chi connectivity index (χ2v) is 5.83.